The summed E-state index contributed by atoms with van der Waals surface area (Å²) in [7, 11) is 0. The van der Waals surface area contributed by atoms with Crippen LogP contribution in [0.4, 0.5) is 5.82 Å². The molecule has 19 heavy (non-hydrogen) atoms. The summed E-state index contributed by atoms with van der Waals surface area (Å²) < 4.78 is 2.22. The van der Waals surface area contributed by atoms with E-state index in [2.05, 4.69) is 33.4 Å². The fourth-order valence-corrected chi connectivity index (χ4v) is 2.54. The summed E-state index contributed by atoms with van der Waals surface area (Å²) in [5, 5.41) is 1.02. The molecule has 5 nitrogen and oxygen atoms in total. The van der Waals surface area contributed by atoms with Crippen LogP contribution in [-0.2, 0) is 13.0 Å². The third-order valence-corrected chi connectivity index (χ3v) is 3.35. The molecule has 3 heterocycles. The Morgan fingerprint density at radius 2 is 2.11 bits per heavy atom. The molecule has 0 atom stereocenters. The number of pyridine rings is 2. The zero-order chi connectivity index (χ0) is 13.4. The summed E-state index contributed by atoms with van der Waals surface area (Å²) in [6.45, 7) is 5.15. The Morgan fingerprint density at radius 3 is 2.84 bits per heavy atom. The number of fused-ring (bicyclic) bond motifs is 3. The Morgan fingerprint density at radius 1 is 1.26 bits per heavy atom. The zero-order valence-corrected chi connectivity index (χ0v) is 11.2. The molecule has 0 saturated heterocycles. The van der Waals surface area contributed by atoms with Gasteiger partial charge in [-0.2, -0.15) is 0 Å². The van der Waals surface area contributed by atoms with E-state index in [1.165, 1.54) is 0 Å². The van der Waals surface area contributed by atoms with Gasteiger partial charge in [-0.15, -0.1) is 0 Å². The van der Waals surface area contributed by atoms with E-state index in [9.17, 15) is 0 Å². The van der Waals surface area contributed by atoms with E-state index in [0.717, 1.165) is 41.6 Å². The molecule has 0 aliphatic heterocycles. The lowest BCUT2D eigenvalue weighted by molar-refractivity contribution is 0.702. The first kappa shape index (κ1) is 11.9. The van der Waals surface area contributed by atoms with Gasteiger partial charge in [-0.3, -0.25) is 0 Å². The van der Waals surface area contributed by atoms with E-state index >= 15 is 0 Å². The Bertz CT molecular complexity index is 744. The Hall–Kier alpha value is -2.17. The monoisotopic (exact) mass is 255 g/mol. The smallest absolute Gasteiger partial charge is 0.163 e. The van der Waals surface area contributed by atoms with Crippen molar-refractivity contribution in [1.82, 2.24) is 19.5 Å². The number of anilines is 1. The number of imidazole rings is 1. The highest BCUT2D eigenvalue weighted by molar-refractivity contribution is 6.05. The summed E-state index contributed by atoms with van der Waals surface area (Å²) in [5.41, 5.74) is 8.57. The molecule has 0 radical (unpaired) electrons. The van der Waals surface area contributed by atoms with Crippen LogP contribution in [0.25, 0.3) is 22.1 Å². The Kier molecular flexibility index (Phi) is 2.81. The average Bonchev–Trinajstić information content (AvgIpc) is 2.78. The SMILES string of the molecule is CCCc1nc2c(N)nc3ncccc3c2n1CC. The minimum atomic E-state index is 0.464. The van der Waals surface area contributed by atoms with Crippen molar-refractivity contribution in [1.29, 1.82) is 0 Å². The van der Waals surface area contributed by atoms with Gasteiger partial charge in [0.2, 0.25) is 0 Å². The second kappa shape index (κ2) is 4.50. The molecular formula is C14H17N5. The number of nitrogens with zero attached hydrogens (tertiary/aromatic N) is 4. The first-order valence-electron chi connectivity index (χ1n) is 6.65. The molecular weight excluding hydrogens is 238 g/mol. The van der Waals surface area contributed by atoms with Crippen LogP contribution in [-0.4, -0.2) is 19.5 Å². The van der Waals surface area contributed by atoms with Crippen LogP contribution >= 0.6 is 0 Å². The molecule has 98 valence electrons. The Labute approximate surface area is 111 Å². The normalized spacial score (nSPS) is 11.5. The number of nitrogen functional groups attached to an aromatic ring is 1. The standard InChI is InChI=1S/C14H17N5/c1-3-6-10-17-11-12(19(10)4-2)9-7-5-8-16-14(9)18-13(11)15/h5,7-8H,3-4,6H2,1-2H3,(H2,15,16,18). The average molecular weight is 255 g/mol. The molecule has 0 aromatic carbocycles. The number of hydrogen-bond donors (Lipinski definition) is 1. The summed E-state index contributed by atoms with van der Waals surface area (Å²) in [4.78, 5) is 13.3. The molecule has 0 fully saturated rings. The summed E-state index contributed by atoms with van der Waals surface area (Å²) >= 11 is 0. The van der Waals surface area contributed by atoms with Crippen molar-refractivity contribution in [3.8, 4) is 0 Å². The van der Waals surface area contributed by atoms with Gasteiger partial charge < -0.3 is 10.3 Å². The fourth-order valence-electron chi connectivity index (χ4n) is 2.54. The van der Waals surface area contributed by atoms with Crippen LogP contribution in [0.15, 0.2) is 18.3 Å². The van der Waals surface area contributed by atoms with Crippen LogP contribution in [0.2, 0.25) is 0 Å². The largest absolute Gasteiger partial charge is 0.382 e. The molecule has 0 unspecified atom stereocenters. The van der Waals surface area contributed by atoms with E-state index in [1.54, 1.807) is 6.20 Å². The van der Waals surface area contributed by atoms with Gasteiger partial charge in [0.25, 0.3) is 0 Å². The molecule has 5 heteroatoms. The van der Waals surface area contributed by atoms with Crippen molar-refractivity contribution in [3.05, 3.63) is 24.2 Å². The number of aryl methyl sites for hydroxylation is 2. The van der Waals surface area contributed by atoms with Crippen molar-refractivity contribution in [2.24, 2.45) is 0 Å². The molecule has 0 aliphatic carbocycles. The molecule has 0 bridgehead atoms. The van der Waals surface area contributed by atoms with Gasteiger partial charge in [0.1, 0.15) is 11.3 Å². The first-order chi connectivity index (χ1) is 9.26. The highest BCUT2D eigenvalue weighted by atomic mass is 15.1. The molecule has 3 aromatic rings. The van der Waals surface area contributed by atoms with Gasteiger partial charge in [-0.1, -0.05) is 6.92 Å². The Balaban J connectivity index is 2.47. The summed E-state index contributed by atoms with van der Waals surface area (Å²) in [6.07, 6.45) is 3.75. The van der Waals surface area contributed by atoms with Crippen LogP contribution < -0.4 is 5.73 Å². The van der Waals surface area contributed by atoms with E-state index in [0.29, 0.717) is 11.5 Å². The second-order valence-corrected chi connectivity index (χ2v) is 4.59. The van der Waals surface area contributed by atoms with Crippen molar-refractivity contribution in [3.63, 3.8) is 0 Å². The molecule has 0 spiro atoms. The third-order valence-electron chi connectivity index (χ3n) is 3.35. The van der Waals surface area contributed by atoms with Gasteiger partial charge in [-0.05, 0) is 25.5 Å². The molecule has 3 rings (SSSR count). The lowest BCUT2D eigenvalue weighted by Crippen LogP contribution is -2.02. The number of nitrogens with two attached hydrogens (primary N) is 1. The predicted octanol–water partition coefficient (Wildman–Crippen LogP) is 2.53. The summed E-state index contributed by atoms with van der Waals surface area (Å²) in [5.74, 6) is 1.54. The van der Waals surface area contributed by atoms with Crippen molar-refractivity contribution in [2.75, 3.05) is 5.73 Å². The predicted molar refractivity (Wildman–Crippen MR) is 76.9 cm³/mol. The molecule has 3 aromatic heterocycles. The van der Waals surface area contributed by atoms with E-state index in [-0.39, 0.29) is 0 Å². The van der Waals surface area contributed by atoms with Gasteiger partial charge in [0.15, 0.2) is 11.5 Å². The highest BCUT2D eigenvalue weighted by Crippen LogP contribution is 2.28. The van der Waals surface area contributed by atoms with Crippen LogP contribution in [0, 0.1) is 0 Å². The quantitative estimate of drug-likeness (QED) is 0.780. The minimum absolute atomic E-state index is 0.464. The van der Waals surface area contributed by atoms with Crippen LogP contribution in [0.5, 0.6) is 0 Å². The number of hydrogen-bond acceptors (Lipinski definition) is 4. The molecule has 2 N–H and O–H groups in total. The topological polar surface area (TPSA) is 69.6 Å². The number of rotatable bonds is 3. The van der Waals surface area contributed by atoms with Gasteiger partial charge in [0, 0.05) is 24.5 Å². The van der Waals surface area contributed by atoms with Crippen molar-refractivity contribution < 1.29 is 0 Å². The lowest BCUT2D eigenvalue weighted by atomic mass is 10.2. The number of aromatic nitrogens is 4. The van der Waals surface area contributed by atoms with Gasteiger partial charge in [0.05, 0.1) is 5.52 Å². The maximum absolute atomic E-state index is 6.03. The van der Waals surface area contributed by atoms with Crippen molar-refractivity contribution in [2.45, 2.75) is 33.2 Å². The van der Waals surface area contributed by atoms with Crippen molar-refractivity contribution >= 4 is 27.9 Å². The highest BCUT2D eigenvalue weighted by Gasteiger charge is 2.15. The van der Waals surface area contributed by atoms with Gasteiger partial charge >= 0.3 is 0 Å². The fraction of sp³-hybridized carbons (Fsp3) is 0.357. The first-order valence-corrected chi connectivity index (χ1v) is 6.65. The molecule has 0 amide bonds. The second-order valence-electron chi connectivity index (χ2n) is 4.59. The molecule has 0 aliphatic rings. The minimum Gasteiger partial charge on any atom is -0.382 e. The maximum Gasteiger partial charge on any atom is 0.163 e. The van der Waals surface area contributed by atoms with Crippen LogP contribution in [0.3, 0.4) is 0 Å². The van der Waals surface area contributed by atoms with E-state index in [1.807, 2.05) is 12.1 Å². The van der Waals surface area contributed by atoms with Crippen LogP contribution in [0.1, 0.15) is 26.1 Å². The molecule has 0 saturated carbocycles. The maximum atomic E-state index is 6.03. The van der Waals surface area contributed by atoms with E-state index in [4.69, 9.17) is 5.73 Å². The van der Waals surface area contributed by atoms with Gasteiger partial charge in [-0.25, -0.2) is 15.0 Å². The lowest BCUT2D eigenvalue weighted by Gasteiger charge is -2.07. The summed E-state index contributed by atoms with van der Waals surface area (Å²) in [6, 6.07) is 3.95. The third kappa shape index (κ3) is 1.73. The van der Waals surface area contributed by atoms with E-state index < -0.39 is 0 Å². The zero-order valence-electron chi connectivity index (χ0n) is 11.2.